The third-order valence-corrected chi connectivity index (χ3v) is 3.14. The number of rotatable bonds is 4. The molecule has 1 atom stereocenters. The Kier molecular flexibility index (Phi) is 6.77. The van der Waals surface area contributed by atoms with Crippen molar-refractivity contribution in [2.75, 3.05) is 24.6 Å². The zero-order valence-corrected chi connectivity index (χ0v) is 13.5. The number of benzene rings is 1. The Morgan fingerprint density at radius 1 is 1.43 bits per heavy atom. The van der Waals surface area contributed by atoms with E-state index in [1.165, 1.54) is 12.1 Å². The maximum absolute atomic E-state index is 12.9. The van der Waals surface area contributed by atoms with E-state index in [4.69, 9.17) is 9.84 Å². The fourth-order valence-electron chi connectivity index (χ4n) is 2.26. The summed E-state index contributed by atoms with van der Waals surface area (Å²) in [5, 5.41) is 8.52. The molecule has 1 saturated heterocycles. The van der Waals surface area contributed by atoms with Gasteiger partial charge in [0, 0.05) is 18.8 Å². The molecule has 1 aromatic carbocycles. The number of nitrogens with zero attached hydrogens (tertiary/aromatic N) is 1. The van der Waals surface area contributed by atoms with E-state index in [0.717, 1.165) is 6.07 Å². The van der Waals surface area contributed by atoms with Gasteiger partial charge in [0.2, 0.25) is 0 Å². The van der Waals surface area contributed by atoms with Crippen LogP contribution < -0.4 is 4.90 Å². The molecule has 1 fully saturated rings. The van der Waals surface area contributed by atoms with Crippen LogP contribution in [0.25, 0.3) is 0 Å². The summed E-state index contributed by atoms with van der Waals surface area (Å²) in [6, 6.07) is 5.36. The molecule has 0 saturated carbocycles. The Balaban J connectivity index is 0. The number of carboxylic acids is 1. The monoisotopic (exact) mass is 331 g/mol. The van der Waals surface area contributed by atoms with E-state index in [0.29, 0.717) is 13.0 Å². The Morgan fingerprint density at radius 2 is 2.10 bits per heavy atom. The SMILES string of the molecule is O=C(O)COC1CCN(c2ccccc2C(F)(F)F)C1.[Ca+2].[H-].[H-]. The van der Waals surface area contributed by atoms with Gasteiger partial charge in [0.25, 0.3) is 0 Å². The van der Waals surface area contributed by atoms with E-state index in [1.54, 1.807) is 11.0 Å². The van der Waals surface area contributed by atoms with Crippen LogP contribution >= 0.6 is 0 Å². The Morgan fingerprint density at radius 3 is 2.71 bits per heavy atom. The van der Waals surface area contributed by atoms with Crippen LogP contribution in [0.15, 0.2) is 24.3 Å². The molecule has 1 aliphatic heterocycles. The van der Waals surface area contributed by atoms with Gasteiger partial charge in [0.05, 0.1) is 11.7 Å². The maximum atomic E-state index is 12.9. The van der Waals surface area contributed by atoms with Crippen molar-refractivity contribution in [1.82, 2.24) is 0 Å². The maximum Gasteiger partial charge on any atom is 2.00 e. The van der Waals surface area contributed by atoms with Crippen molar-refractivity contribution in [3.8, 4) is 0 Å². The topological polar surface area (TPSA) is 49.8 Å². The molecule has 0 bridgehead atoms. The van der Waals surface area contributed by atoms with E-state index in [9.17, 15) is 18.0 Å². The van der Waals surface area contributed by atoms with Crippen LogP contribution in [-0.4, -0.2) is 74.6 Å². The molecule has 8 heteroatoms. The normalized spacial score (nSPS) is 18.4. The first-order chi connectivity index (χ1) is 9.38. The molecule has 114 valence electrons. The van der Waals surface area contributed by atoms with Crippen molar-refractivity contribution >= 4 is 49.4 Å². The molecule has 1 heterocycles. The minimum Gasteiger partial charge on any atom is -1.00 e. The van der Waals surface area contributed by atoms with Crippen molar-refractivity contribution in [2.24, 2.45) is 0 Å². The van der Waals surface area contributed by atoms with Gasteiger partial charge in [-0.1, -0.05) is 12.1 Å². The second-order valence-electron chi connectivity index (χ2n) is 4.58. The molecule has 1 N–H and O–H groups in total. The molecule has 1 aromatic rings. The summed E-state index contributed by atoms with van der Waals surface area (Å²) >= 11 is 0. The number of hydrogen-bond donors (Lipinski definition) is 1. The zero-order chi connectivity index (χ0) is 14.8. The van der Waals surface area contributed by atoms with Crippen LogP contribution in [0, 0.1) is 0 Å². The predicted molar refractivity (Wildman–Crippen MR) is 73.6 cm³/mol. The third kappa shape index (κ3) is 5.02. The molecule has 4 nitrogen and oxygen atoms in total. The summed E-state index contributed by atoms with van der Waals surface area (Å²) in [6.07, 6.45) is -4.25. The van der Waals surface area contributed by atoms with Crippen molar-refractivity contribution in [1.29, 1.82) is 0 Å². The van der Waals surface area contributed by atoms with Gasteiger partial charge in [0.15, 0.2) is 0 Å². The van der Waals surface area contributed by atoms with E-state index in [2.05, 4.69) is 0 Å². The van der Waals surface area contributed by atoms with Gasteiger partial charge in [-0.05, 0) is 18.6 Å². The van der Waals surface area contributed by atoms with Gasteiger partial charge in [-0.15, -0.1) is 0 Å². The largest absolute Gasteiger partial charge is 2.00 e. The number of ether oxygens (including phenoxy) is 1. The molecule has 0 radical (unpaired) electrons. The third-order valence-electron chi connectivity index (χ3n) is 3.14. The van der Waals surface area contributed by atoms with Gasteiger partial charge in [0.1, 0.15) is 6.61 Å². The number of halogens is 3. The zero-order valence-electron chi connectivity index (χ0n) is 13.3. The van der Waals surface area contributed by atoms with Crippen LogP contribution in [0.4, 0.5) is 18.9 Å². The molecular formula is C13H16CaF3NO3. The Bertz CT molecular complexity index is 506. The fraction of sp³-hybridized carbons (Fsp3) is 0.462. The van der Waals surface area contributed by atoms with Gasteiger partial charge < -0.3 is 17.6 Å². The minimum atomic E-state index is -4.41. The molecule has 0 aromatic heterocycles. The minimum absolute atomic E-state index is 0. The van der Waals surface area contributed by atoms with Crippen molar-refractivity contribution in [2.45, 2.75) is 18.7 Å². The van der Waals surface area contributed by atoms with Crippen LogP contribution in [0.5, 0.6) is 0 Å². The van der Waals surface area contributed by atoms with E-state index >= 15 is 0 Å². The molecule has 21 heavy (non-hydrogen) atoms. The standard InChI is InChI=1S/C13H14F3NO3.Ca.2H/c14-13(15,16)10-3-1-2-4-11(10)17-6-5-9(7-17)20-8-12(18)19;;;/h1-4,9H,5-8H2,(H,18,19);;;/q;+2;2*-1. The quantitative estimate of drug-likeness (QED) is 0.860. The molecule has 1 unspecified atom stereocenters. The molecular weight excluding hydrogens is 315 g/mol. The molecule has 0 aliphatic carbocycles. The van der Waals surface area contributed by atoms with Crippen LogP contribution in [-0.2, 0) is 15.7 Å². The van der Waals surface area contributed by atoms with E-state index < -0.39 is 24.3 Å². The van der Waals surface area contributed by atoms with Crippen molar-refractivity contribution < 1.29 is 30.7 Å². The second-order valence-corrected chi connectivity index (χ2v) is 4.58. The van der Waals surface area contributed by atoms with Gasteiger partial charge >= 0.3 is 49.9 Å². The number of carboxylic acid groups (broad SMARTS) is 1. The molecule has 0 spiro atoms. The van der Waals surface area contributed by atoms with Crippen LogP contribution in [0.2, 0.25) is 0 Å². The predicted octanol–water partition coefficient (Wildman–Crippen LogP) is 2.23. The summed E-state index contributed by atoms with van der Waals surface area (Å²) in [5.74, 6) is -1.08. The number of anilines is 1. The van der Waals surface area contributed by atoms with Crippen molar-refractivity contribution in [3.63, 3.8) is 0 Å². The summed E-state index contributed by atoms with van der Waals surface area (Å²) in [4.78, 5) is 12.0. The smallest absolute Gasteiger partial charge is 1.00 e. The Hall–Kier alpha value is -0.500. The number of hydrogen-bond acceptors (Lipinski definition) is 3. The first kappa shape index (κ1) is 18.5. The van der Waals surface area contributed by atoms with E-state index in [-0.39, 0.29) is 58.9 Å². The summed E-state index contributed by atoms with van der Waals surface area (Å²) in [6.45, 7) is 0.247. The summed E-state index contributed by atoms with van der Waals surface area (Å²) in [7, 11) is 0. The number of carbonyl (C=O) groups is 1. The molecule has 1 aliphatic rings. The first-order valence-electron chi connectivity index (χ1n) is 6.12. The average Bonchev–Trinajstić information content (AvgIpc) is 2.84. The first-order valence-corrected chi connectivity index (χ1v) is 6.12. The number of alkyl halides is 3. The summed E-state index contributed by atoms with van der Waals surface area (Å²) < 4.78 is 43.9. The van der Waals surface area contributed by atoms with Gasteiger partial charge in [-0.25, -0.2) is 4.79 Å². The number of para-hydroxylation sites is 1. The fourth-order valence-corrected chi connectivity index (χ4v) is 2.26. The second kappa shape index (κ2) is 7.67. The van der Waals surface area contributed by atoms with Gasteiger partial charge in [-0.3, -0.25) is 0 Å². The number of aliphatic carboxylic acids is 1. The van der Waals surface area contributed by atoms with Crippen LogP contribution in [0.1, 0.15) is 14.8 Å². The molecule has 2 rings (SSSR count). The van der Waals surface area contributed by atoms with Gasteiger partial charge in [-0.2, -0.15) is 13.2 Å². The van der Waals surface area contributed by atoms with Crippen molar-refractivity contribution in [3.05, 3.63) is 29.8 Å². The van der Waals surface area contributed by atoms with Crippen LogP contribution in [0.3, 0.4) is 0 Å². The summed E-state index contributed by atoms with van der Waals surface area (Å²) in [5.41, 5.74) is -0.569. The average molecular weight is 331 g/mol. The van der Waals surface area contributed by atoms with E-state index in [1.807, 2.05) is 0 Å². The molecule has 0 amide bonds. The Labute approximate surface area is 152 Å².